The maximum Gasteiger partial charge on any atom is 0.377 e. The van der Waals surface area contributed by atoms with Crippen molar-refractivity contribution in [3.63, 3.8) is 0 Å². The summed E-state index contributed by atoms with van der Waals surface area (Å²) in [6.45, 7) is 3.64. The van der Waals surface area contributed by atoms with E-state index in [1.807, 2.05) is 0 Å². The van der Waals surface area contributed by atoms with Crippen molar-refractivity contribution in [3.8, 4) is 0 Å². The number of carbonyl (C=O) groups is 5. The van der Waals surface area contributed by atoms with Gasteiger partial charge in [0.1, 0.15) is 18.6 Å². The van der Waals surface area contributed by atoms with Crippen LogP contribution < -0.4 is 11.1 Å². The highest BCUT2D eigenvalue weighted by molar-refractivity contribution is 7.80. The van der Waals surface area contributed by atoms with Gasteiger partial charge in [-0.2, -0.15) is 5.06 Å². The topological polar surface area (TPSA) is 164 Å². The third kappa shape index (κ3) is 5.82. The van der Waals surface area contributed by atoms with E-state index in [9.17, 15) is 28.4 Å². The number of thiocarbonyl (C=S) groups is 1. The van der Waals surface area contributed by atoms with E-state index < -0.39 is 59.6 Å². The molecule has 2 amide bonds. The molecule has 2 saturated heterocycles. The molecule has 0 aromatic carbocycles. The third-order valence-corrected chi connectivity index (χ3v) is 5.00. The van der Waals surface area contributed by atoms with Crippen molar-refractivity contribution in [1.29, 1.82) is 0 Å². The van der Waals surface area contributed by atoms with Crippen molar-refractivity contribution in [2.75, 3.05) is 13.4 Å². The van der Waals surface area contributed by atoms with E-state index in [0.717, 1.165) is 6.08 Å². The Kier molecular flexibility index (Phi) is 8.08. The summed E-state index contributed by atoms with van der Waals surface area (Å²) < 4.78 is 27.4. The number of rotatable bonds is 8. The first-order chi connectivity index (χ1) is 15.3. The highest BCUT2D eigenvalue weighted by Crippen LogP contribution is 2.35. The van der Waals surface area contributed by atoms with Gasteiger partial charge in [-0.1, -0.05) is 12.2 Å². The normalized spacial score (nSPS) is 23.9. The Morgan fingerprint density at radius 3 is 2.55 bits per heavy atom. The molecule has 2 aliphatic rings. The maximum atomic E-state index is 12.9. The number of ether oxygens (including phenoxy) is 3. The molecule has 2 heterocycles. The first-order valence-electron chi connectivity index (χ1n) is 9.73. The molecular weight excluding hydrogens is 465 g/mol. The number of hydrogen-bond acceptors (Lipinski definition) is 10. The molecule has 2 unspecified atom stereocenters. The van der Waals surface area contributed by atoms with Gasteiger partial charge in [0.2, 0.25) is 12.7 Å². The van der Waals surface area contributed by atoms with Crippen molar-refractivity contribution in [1.82, 2.24) is 10.4 Å². The molecule has 2 rings (SSSR count). The summed E-state index contributed by atoms with van der Waals surface area (Å²) in [5.74, 6) is -5.79. The van der Waals surface area contributed by atoms with Gasteiger partial charge in [-0.15, -0.1) is 0 Å². The van der Waals surface area contributed by atoms with Gasteiger partial charge >= 0.3 is 23.6 Å². The molecule has 0 radical (unpaired) electrons. The van der Waals surface area contributed by atoms with Gasteiger partial charge < -0.3 is 25.3 Å². The summed E-state index contributed by atoms with van der Waals surface area (Å²) in [5.41, 5.74) is 2.06. The van der Waals surface area contributed by atoms with E-state index in [1.54, 1.807) is 20.8 Å². The number of halogens is 1. The quantitative estimate of drug-likeness (QED) is 0.263. The SMILES string of the molecule is CC(C)(C)C(=O)OCOC(=O)C1(N2OC[C@H](NC(=S)C(/C=C\F)C(N)=O)C2=O)CCC(=O)O1. The van der Waals surface area contributed by atoms with Crippen molar-refractivity contribution in [2.24, 2.45) is 17.1 Å². The van der Waals surface area contributed by atoms with E-state index in [0.29, 0.717) is 5.06 Å². The van der Waals surface area contributed by atoms with Crippen molar-refractivity contribution in [3.05, 3.63) is 12.4 Å². The summed E-state index contributed by atoms with van der Waals surface area (Å²) in [6.07, 6.45) is 0.380. The lowest BCUT2D eigenvalue weighted by molar-refractivity contribution is -0.262. The maximum absolute atomic E-state index is 12.9. The van der Waals surface area contributed by atoms with Gasteiger partial charge in [0.25, 0.3) is 5.91 Å². The first kappa shape index (κ1) is 26.1. The zero-order valence-corrected chi connectivity index (χ0v) is 18.9. The van der Waals surface area contributed by atoms with Crippen LogP contribution in [0, 0.1) is 11.3 Å². The summed E-state index contributed by atoms with van der Waals surface area (Å²) in [5, 5.41) is 3.06. The van der Waals surface area contributed by atoms with Crippen LogP contribution in [0.5, 0.6) is 0 Å². The van der Waals surface area contributed by atoms with Crippen LogP contribution in [0.4, 0.5) is 4.39 Å². The molecule has 3 N–H and O–H groups in total. The predicted octanol–water partition coefficient (Wildman–Crippen LogP) is -0.246. The van der Waals surface area contributed by atoms with E-state index in [1.165, 1.54) is 0 Å². The number of carbonyl (C=O) groups excluding carboxylic acids is 5. The Bertz CT molecular complexity index is 888. The second-order valence-corrected chi connectivity index (χ2v) is 8.62. The number of nitrogens with zero attached hydrogens (tertiary/aromatic N) is 1. The van der Waals surface area contributed by atoms with Crippen molar-refractivity contribution >= 4 is 46.9 Å². The second-order valence-electron chi connectivity index (χ2n) is 8.18. The number of primary amides is 1. The summed E-state index contributed by atoms with van der Waals surface area (Å²) in [7, 11) is 0. The van der Waals surface area contributed by atoms with Gasteiger partial charge in [0, 0.05) is 6.42 Å². The Labute approximate surface area is 193 Å². The Hall–Kier alpha value is -3.13. The second kappa shape index (κ2) is 10.2. The number of esters is 3. The fourth-order valence-corrected chi connectivity index (χ4v) is 3.19. The molecule has 0 spiro atoms. The molecule has 0 bridgehead atoms. The zero-order chi connectivity index (χ0) is 25.0. The zero-order valence-electron chi connectivity index (χ0n) is 18.1. The molecule has 0 saturated carbocycles. The first-order valence-corrected chi connectivity index (χ1v) is 10.1. The van der Waals surface area contributed by atoms with Gasteiger partial charge in [0.15, 0.2) is 0 Å². The standard InChI is InChI=1S/C19H24FN3O9S/c1-18(2,3)16(27)29-9-30-17(28)19(6-4-12(24)32-19)23-15(26)11(8-31-23)22-14(33)10(5-7-20)13(21)25/h5,7,10-11H,4,6,8-9H2,1-3H3,(H2,21,25)(H,22,33)/b7-5-/t10?,11-,19?/m0/s1. The Morgan fingerprint density at radius 1 is 1.36 bits per heavy atom. The van der Waals surface area contributed by atoms with Crippen molar-refractivity contribution < 1.29 is 47.4 Å². The predicted molar refractivity (Wildman–Crippen MR) is 110 cm³/mol. The fraction of sp³-hybridized carbons (Fsp3) is 0.579. The minimum atomic E-state index is -2.25. The van der Waals surface area contributed by atoms with Crippen molar-refractivity contribution in [2.45, 2.75) is 45.4 Å². The summed E-state index contributed by atoms with van der Waals surface area (Å²) >= 11 is 5.01. The largest absolute Gasteiger partial charge is 0.427 e. The lowest BCUT2D eigenvalue weighted by atomic mass is 9.98. The Balaban J connectivity index is 2.12. The average molecular weight is 489 g/mol. The number of amides is 2. The fourth-order valence-electron chi connectivity index (χ4n) is 2.85. The summed E-state index contributed by atoms with van der Waals surface area (Å²) in [4.78, 5) is 65.8. The number of cyclic esters (lactones) is 1. The minimum absolute atomic E-state index is 0.0815. The van der Waals surface area contributed by atoms with Gasteiger partial charge in [0.05, 0.1) is 23.2 Å². The van der Waals surface area contributed by atoms with Gasteiger partial charge in [-0.25, -0.2) is 9.18 Å². The molecule has 33 heavy (non-hydrogen) atoms. The van der Waals surface area contributed by atoms with Crippen LogP contribution >= 0.6 is 12.2 Å². The van der Waals surface area contributed by atoms with Crippen LogP contribution in [0.15, 0.2) is 12.4 Å². The molecule has 3 atom stereocenters. The third-order valence-electron chi connectivity index (χ3n) is 4.63. The van der Waals surface area contributed by atoms with Crippen LogP contribution in [0.2, 0.25) is 0 Å². The molecule has 12 nitrogen and oxygen atoms in total. The summed E-state index contributed by atoms with van der Waals surface area (Å²) in [6, 6.07) is -1.20. The van der Waals surface area contributed by atoms with E-state index in [2.05, 4.69) is 5.32 Å². The lowest BCUT2D eigenvalue weighted by Crippen LogP contribution is -2.57. The van der Waals surface area contributed by atoms with E-state index in [4.69, 9.17) is 37.0 Å². The molecule has 182 valence electrons. The van der Waals surface area contributed by atoms with Crippen LogP contribution in [0.1, 0.15) is 33.6 Å². The van der Waals surface area contributed by atoms with Crippen LogP contribution in [-0.4, -0.2) is 64.9 Å². The minimum Gasteiger partial charge on any atom is -0.427 e. The highest BCUT2D eigenvalue weighted by Gasteiger charge is 2.60. The van der Waals surface area contributed by atoms with Gasteiger partial charge in [-0.3, -0.25) is 24.0 Å². The lowest BCUT2D eigenvalue weighted by Gasteiger charge is -2.32. The molecule has 2 aliphatic heterocycles. The smallest absolute Gasteiger partial charge is 0.377 e. The molecule has 0 aromatic heterocycles. The van der Waals surface area contributed by atoms with Crippen LogP contribution in [-0.2, 0) is 43.0 Å². The highest BCUT2D eigenvalue weighted by atomic mass is 32.1. The molecule has 0 aromatic rings. The average Bonchev–Trinajstić information content (AvgIpc) is 3.28. The number of hydroxylamine groups is 2. The molecule has 2 fully saturated rings. The van der Waals surface area contributed by atoms with Gasteiger partial charge in [-0.05, 0) is 26.8 Å². The molecule has 0 aliphatic carbocycles. The monoisotopic (exact) mass is 489 g/mol. The molecular formula is C19H24FN3O9S. The number of nitrogens with two attached hydrogens (primary N) is 1. The number of nitrogens with one attached hydrogen (secondary N) is 1. The van der Waals surface area contributed by atoms with E-state index in [-0.39, 0.29) is 30.8 Å². The molecule has 14 heteroatoms. The Morgan fingerprint density at radius 2 is 2.03 bits per heavy atom. The van der Waals surface area contributed by atoms with Crippen LogP contribution in [0.3, 0.4) is 0 Å². The number of hydrogen-bond donors (Lipinski definition) is 2. The van der Waals surface area contributed by atoms with Crippen LogP contribution in [0.25, 0.3) is 0 Å². The van der Waals surface area contributed by atoms with E-state index >= 15 is 0 Å².